The highest BCUT2D eigenvalue weighted by atomic mass is 16.3. The van der Waals surface area contributed by atoms with Crippen LogP contribution in [-0.2, 0) is 4.79 Å². The van der Waals surface area contributed by atoms with Gasteiger partial charge in [-0.1, -0.05) is 20.3 Å². The Kier molecular flexibility index (Phi) is 4.74. The Morgan fingerprint density at radius 2 is 2.12 bits per heavy atom. The van der Waals surface area contributed by atoms with Gasteiger partial charge in [-0.25, -0.2) is 0 Å². The van der Waals surface area contributed by atoms with Crippen molar-refractivity contribution in [3.63, 3.8) is 0 Å². The number of aliphatic hydroxyl groups excluding tert-OH is 1. The minimum atomic E-state index is -0.409. The fourth-order valence-electron chi connectivity index (χ4n) is 2.33. The summed E-state index contributed by atoms with van der Waals surface area (Å²) in [5.41, 5.74) is 0. The SMILES string of the molecule is CCCC(C)C(=O)N1CC(O)C(N(C)C)C1. The van der Waals surface area contributed by atoms with E-state index < -0.39 is 6.10 Å². The lowest BCUT2D eigenvalue weighted by Crippen LogP contribution is -2.38. The van der Waals surface area contributed by atoms with Crippen molar-refractivity contribution in [2.45, 2.75) is 38.8 Å². The lowest BCUT2D eigenvalue weighted by atomic mass is 10.1. The summed E-state index contributed by atoms with van der Waals surface area (Å²) in [4.78, 5) is 15.8. The Morgan fingerprint density at radius 3 is 2.56 bits per heavy atom. The molecule has 4 nitrogen and oxygen atoms in total. The zero-order valence-electron chi connectivity index (χ0n) is 10.8. The van der Waals surface area contributed by atoms with Crippen molar-refractivity contribution in [3.05, 3.63) is 0 Å². The molecule has 0 spiro atoms. The minimum Gasteiger partial charge on any atom is -0.390 e. The number of hydrogen-bond donors (Lipinski definition) is 1. The summed E-state index contributed by atoms with van der Waals surface area (Å²) < 4.78 is 0. The molecule has 0 radical (unpaired) electrons. The molecule has 1 rings (SSSR count). The standard InChI is InChI=1S/C12H24N2O2/c1-5-6-9(2)12(16)14-7-10(13(3)4)11(15)8-14/h9-11,15H,5-8H2,1-4H3. The molecule has 0 aliphatic carbocycles. The average molecular weight is 228 g/mol. The number of nitrogens with zero attached hydrogens (tertiary/aromatic N) is 2. The lowest BCUT2D eigenvalue weighted by molar-refractivity contribution is -0.134. The Bertz CT molecular complexity index is 243. The third kappa shape index (κ3) is 2.95. The topological polar surface area (TPSA) is 43.8 Å². The normalized spacial score (nSPS) is 27.5. The zero-order chi connectivity index (χ0) is 12.3. The lowest BCUT2D eigenvalue weighted by Gasteiger charge is -2.22. The average Bonchev–Trinajstić information content (AvgIpc) is 2.59. The summed E-state index contributed by atoms with van der Waals surface area (Å²) in [6, 6.07) is 0.0813. The Hall–Kier alpha value is -0.610. The quantitative estimate of drug-likeness (QED) is 0.764. The second kappa shape index (κ2) is 5.64. The number of amides is 1. The van der Waals surface area contributed by atoms with Crippen molar-refractivity contribution in [3.8, 4) is 0 Å². The molecule has 16 heavy (non-hydrogen) atoms. The van der Waals surface area contributed by atoms with Crippen molar-refractivity contribution in [2.75, 3.05) is 27.2 Å². The van der Waals surface area contributed by atoms with Gasteiger partial charge in [-0.05, 0) is 20.5 Å². The molecular weight excluding hydrogens is 204 g/mol. The first kappa shape index (κ1) is 13.5. The summed E-state index contributed by atoms with van der Waals surface area (Å²) >= 11 is 0. The van der Waals surface area contributed by atoms with Crippen LogP contribution in [0, 0.1) is 5.92 Å². The van der Waals surface area contributed by atoms with E-state index in [4.69, 9.17) is 0 Å². The number of carbonyl (C=O) groups is 1. The van der Waals surface area contributed by atoms with Gasteiger partial charge in [0, 0.05) is 19.0 Å². The van der Waals surface area contributed by atoms with Gasteiger partial charge in [0.05, 0.1) is 12.1 Å². The maximum absolute atomic E-state index is 12.0. The van der Waals surface area contributed by atoms with Crippen LogP contribution in [0.3, 0.4) is 0 Å². The summed E-state index contributed by atoms with van der Waals surface area (Å²) in [5, 5.41) is 9.85. The van der Waals surface area contributed by atoms with Gasteiger partial charge in [-0.15, -0.1) is 0 Å². The fourth-order valence-corrected chi connectivity index (χ4v) is 2.33. The maximum atomic E-state index is 12.0. The van der Waals surface area contributed by atoms with Crippen LogP contribution in [0.4, 0.5) is 0 Å². The molecule has 1 saturated heterocycles. The van der Waals surface area contributed by atoms with Crippen LogP contribution in [-0.4, -0.2) is 60.1 Å². The molecule has 0 aromatic heterocycles. The highest BCUT2D eigenvalue weighted by Gasteiger charge is 2.36. The number of carbonyl (C=O) groups excluding carboxylic acids is 1. The number of likely N-dealkylation sites (tertiary alicyclic amines) is 1. The van der Waals surface area contributed by atoms with Crippen LogP contribution in [0.25, 0.3) is 0 Å². The van der Waals surface area contributed by atoms with Gasteiger partial charge in [0.1, 0.15) is 0 Å². The summed E-state index contributed by atoms with van der Waals surface area (Å²) in [6.07, 6.45) is 1.55. The monoisotopic (exact) mass is 228 g/mol. The van der Waals surface area contributed by atoms with Gasteiger partial charge in [0.15, 0.2) is 0 Å². The largest absolute Gasteiger partial charge is 0.390 e. The predicted molar refractivity (Wildman–Crippen MR) is 64.1 cm³/mol. The number of rotatable bonds is 4. The first-order valence-electron chi connectivity index (χ1n) is 6.10. The molecule has 0 aromatic rings. The molecule has 1 heterocycles. The number of hydrogen-bond acceptors (Lipinski definition) is 3. The van der Waals surface area contributed by atoms with Gasteiger partial charge in [0.25, 0.3) is 0 Å². The predicted octanol–water partition coefficient (Wildman–Crippen LogP) is 0.556. The van der Waals surface area contributed by atoms with E-state index in [-0.39, 0.29) is 17.9 Å². The molecule has 94 valence electrons. The van der Waals surface area contributed by atoms with E-state index in [0.717, 1.165) is 12.8 Å². The van der Waals surface area contributed by atoms with Crippen molar-refractivity contribution in [1.82, 2.24) is 9.80 Å². The molecule has 3 atom stereocenters. The van der Waals surface area contributed by atoms with E-state index in [9.17, 15) is 9.90 Å². The van der Waals surface area contributed by atoms with Crippen molar-refractivity contribution in [2.24, 2.45) is 5.92 Å². The molecule has 4 heteroatoms. The maximum Gasteiger partial charge on any atom is 0.225 e. The summed E-state index contributed by atoms with van der Waals surface area (Å²) in [7, 11) is 3.88. The second-order valence-corrected chi connectivity index (χ2v) is 5.03. The van der Waals surface area contributed by atoms with E-state index in [1.807, 2.05) is 25.9 Å². The van der Waals surface area contributed by atoms with E-state index in [0.29, 0.717) is 13.1 Å². The molecular formula is C12H24N2O2. The molecule has 1 aliphatic rings. The van der Waals surface area contributed by atoms with Crippen molar-refractivity contribution < 1.29 is 9.90 Å². The van der Waals surface area contributed by atoms with Crippen LogP contribution in [0.15, 0.2) is 0 Å². The van der Waals surface area contributed by atoms with Gasteiger partial charge in [-0.3, -0.25) is 4.79 Å². The van der Waals surface area contributed by atoms with E-state index in [2.05, 4.69) is 6.92 Å². The highest BCUT2D eigenvalue weighted by Crippen LogP contribution is 2.18. The van der Waals surface area contributed by atoms with E-state index in [1.54, 1.807) is 4.90 Å². The molecule has 1 N–H and O–H groups in total. The molecule has 1 aliphatic heterocycles. The van der Waals surface area contributed by atoms with Crippen molar-refractivity contribution >= 4 is 5.91 Å². The minimum absolute atomic E-state index is 0.0813. The molecule has 0 saturated carbocycles. The third-order valence-corrected chi connectivity index (χ3v) is 3.38. The first-order chi connectivity index (χ1) is 7.47. The summed E-state index contributed by atoms with van der Waals surface area (Å²) in [5.74, 6) is 0.267. The molecule has 1 amide bonds. The van der Waals surface area contributed by atoms with Crippen LogP contribution in [0.5, 0.6) is 0 Å². The third-order valence-electron chi connectivity index (χ3n) is 3.38. The smallest absolute Gasteiger partial charge is 0.225 e. The molecule has 0 aromatic carbocycles. The summed E-state index contributed by atoms with van der Waals surface area (Å²) in [6.45, 7) is 5.20. The zero-order valence-corrected chi connectivity index (χ0v) is 10.8. The molecule has 3 unspecified atom stereocenters. The van der Waals surface area contributed by atoms with Crippen LogP contribution in [0.2, 0.25) is 0 Å². The van der Waals surface area contributed by atoms with Crippen LogP contribution < -0.4 is 0 Å². The van der Waals surface area contributed by atoms with Gasteiger partial charge < -0.3 is 14.9 Å². The van der Waals surface area contributed by atoms with Crippen molar-refractivity contribution in [1.29, 1.82) is 0 Å². The van der Waals surface area contributed by atoms with Gasteiger partial charge in [-0.2, -0.15) is 0 Å². The highest BCUT2D eigenvalue weighted by molar-refractivity contribution is 5.78. The van der Waals surface area contributed by atoms with Crippen LogP contribution >= 0.6 is 0 Å². The Morgan fingerprint density at radius 1 is 1.50 bits per heavy atom. The van der Waals surface area contributed by atoms with E-state index in [1.165, 1.54) is 0 Å². The first-order valence-corrected chi connectivity index (χ1v) is 6.10. The Balaban J connectivity index is 2.54. The molecule has 1 fully saturated rings. The van der Waals surface area contributed by atoms with Gasteiger partial charge in [0.2, 0.25) is 5.91 Å². The fraction of sp³-hybridized carbons (Fsp3) is 0.917. The van der Waals surface area contributed by atoms with Crippen LogP contribution in [0.1, 0.15) is 26.7 Å². The van der Waals surface area contributed by atoms with E-state index >= 15 is 0 Å². The number of β-amino-alcohol motifs (C(OH)–C–C–N with tert-alkyl or cyclic N) is 1. The number of aliphatic hydroxyl groups is 1. The second-order valence-electron chi connectivity index (χ2n) is 5.03. The number of likely N-dealkylation sites (N-methyl/N-ethyl adjacent to an activating group) is 1. The Labute approximate surface area is 98.2 Å². The molecule has 0 bridgehead atoms. The van der Waals surface area contributed by atoms with Gasteiger partial charge >= 0.3 is 0 Å².